The molecule has 7 nitrogen and oxygen atoms in total. The van der Waals surface area contributed by atoms with Crippen LogP contribution in [0.15, 0.2) is 23.1 Å². The van der Waals surface area contributed by atoms with E-state index in [1.54, 1.807) is 0 Å². The number of hydrogen-bond donors (Lipinski definition) is 2. The summed E-state index contributed by atoms with van der Waals surface area (Å²) in [5.74, 6) is 0. The van der Waals surface area contributed by atoms with Crippen molar-refractivity contribution >= 4 is 15.7 Å². The summed E-state index contributed by atoms with van der Waals surface area (Å²) in [6.07, 6.45) is 0.980. The second kappa shape index (κ2) is 7.32. The number of sulfonamides is 1. The van der Waals surface area contributed by atoms with Gasteiger partial charge in [0.15, 0.2) is 0 Å². The van der Waals surface area contributed by atoms with Crippen molar-refractivity contribution in [3.63, 3.8) is 0 Å². The van der Waals surface area contributed by atoms with Gasteiger partial charge in [-0.3, -0.25) is 10.1 Å². The molecule has 0 bridgehead atoms. The fraction of sp³-hybridized carbons (Fsp3) is 0.500. The number of non-ortho nitro benzene ring substituents is 1. The van der Waals surface area contributed by atoms with Gasteiger partial charge < -0.3 is 5.32 Å². The lowest BCUT2D eigenvalue weighted by Gasteiger charge is -2.09. The van der Waals surface area contributed by atoms with Gasteiger partial charge >= 0.3 is 0 Å². The summed E-state index contributed by atoms with van der Waals surface area (Å²) in [5, 5.41) is 13.7. The zero-order valence-electron chi connectivity index (χ0n) is 11.5. The Bertz CT molecular complexity index is 572. The summed E-state index contributed by atoms with van der Waals surface area (Å²) in [5.41, 5.74) is 0.235. The van der Waals surface area contributed by atoms with Crippen LogP contribution in [0.5, 0.6) is 0 Å². The van der Waals surface area contributed by atoms with Crippen LogP contribution in [0.1, 0.15) is 18.9 Å². The lowest BCUT2D eigenvalue weighted by Crippen LogP contribution is -2.32. The summed E-state index contributed by atoms with van der Waals surface area (Å²) in [6.45, 7) is 5.21. The van der Waals surface area contributed by atoms with Crippen LogP contribution in [0.25, 0.3) is 0 Å². The molecular formula is C12H19N3O4S. The summed E-state index contributed by atoms with van der Waals surface area (Å²) < 4.78 is 26.6. The average Bonchev–Trinajstić information content (AvgIpc) is 2.37. The topological polar surface area (TPSA) is 101 Å². The smallest absolute Gasteiger partial charge is 0.269 e. The third kappa shape index (κ3) is 4.55. The highest BCUT2D eigenvalue weighted by Crippen LogP contribution is 2.20. The minimum atomic E-state index is -3.63. The predicted octanol–water partition coefficient (Wildman–Crippen LogP) is 1.18. The molecule has 0 aliphatic carbocycles. The van der Waals surface area contributed by atoms with Crippen LogP contribution >= 0.6 is 0 Å². The van der Waals surface area contributed by atoms with Crippen molar-refractivity contribution in [2.24, 2.45) is 0 Å². The zero-order valence-corrected chi connectivity index (χ0v) is 12.4. The molecule has 20 heavy (non-hydrogen) atoms. The van der Waals surface area contributed by atoms with Crippen LogP contribution < -0.4 is 10.0 Å². The van der Waals surface area contributed by atoms with Gasteiger partial charge in [-0.25, -0.2) is 13.1 Å². The highest BCUT2D eigenvalue weighted by atomic mass is 32.2. The monoisotopic (exact) mass is 301 g/mol. The van der Waals surface area contributed by atoms with Gasteiger partial charge in [0.1, 0.15) is 0 Å². The number of nitrogens with zero attached hydrogens (tertiary/aromatic N) is 1. The molecule has 1 aromatic carbocycles. The van der Waals surface area contributed by atoms with Crippen molar-refractivity contribution in [3.05, 3.63) is 33.9 Å². The van der Waals surface area contributed by atoms with Crippen LogP contribution in [-0.4, -0.2) is 33.0 Å². The first kappa shape index (κ1) is 16.5. The van der Waals surface area contributed by atoms with E-state index >= 15 is 0 Å². The van der Waals surface area contributed by atoms with E-state index in [-0.39, 0.29) is 17.1 Å². The second-order valence-electron chi connectivity index (χ2n) is 4.35. The number of aryl methyl sites for hydroxylation is 1. The van der Waals surface area contributed by atoms with E-state index in [4.69, 9.17) is 0 Å². The van der Waals surface area contributed by atoms with E-state index in [9.17, 15) is 18.5 Å². The summed E-state index contributed by atoms with van der Waals surface area (Å²) in [7, 11) is -3.63. The Hall–Kier alpha value is -1.51. The standard InChI is InChI=1S/C12H19N3O4S/c1-3-6-13-7-8-14-20(18,19)12-5-4-11(15(16)17)9-10(12)2/h4-5,9,13-14H,3,6-8H2,1-2H3. The van der Waals surface area contributed by atoms with E-state index in [1.807, 2.05) is 6.92 Å². The fourth-order valence-corrected chi connectivity index (χ4v) is 2.96. The molecule has 0 heterocycles. The Balaban J connectivity index is 2.75. The molecule has 1 aromatic rings. The Kier molecular flexibility index (Phi) is 6.05. The first-order valence-corrected chi connectivity index (χ1v) is 7.82. The van der Waals surface area contributed by atoms with Gasteiger partial charge in [-0.1, -0.05) is 6.92 Å². The lowest BCUT2D eigenvalue weighted by molar-refractivity contribution is -0.385. The third-order valence-electron chi connectivity index (χ3n) is 2.68. The van der Waals surface area contributed by atoms with Crippen molar-refractivity contribution in [2.75, 3.05) is 19.6 Å². The first-order valence-electron chi connectivity index (χ1n) is 6.34. The molecule has 0 spiro atoms. The average molecular weight is 301 g/mol. The van der Waals surface area contributed by atoms with Crippen molar-refractivity contribution < 1.29 is 13.3 Å². The Morgan fingerprint density at radius 2 is 1.95 bits per heavy atom. The van der Waals surface area contributed by atoms with Crippen LogP contribution in [0, 0.1) is 17.0 Å². The normalized spacial score (nSPS) is 11.5. The summed E-state index contributed by atoms with van der Waals surface area (Å²) >= 11 is 0. The van der Waals surface area contributed by atoms with Gasteiger partial charge in [0.25, 0.3) is 5.69 Å². The maximum atomic E-state index is 12.1. The van der Waals surface area contributed by atoms with Crippen LogP contribution in [0.3, 0.4) is 0 Å². The lowest BCUT2D eigenvalue weighted by atomic mass is 10.2. The van der Waals surface area contributed by atoms with Crippen molar-refractivity contribution in [1.29, 1.82) is 0 Å². The SMILES string of the molecule is CCCNCCNS(=O)(=O)c1ccc([N+](=O)[O-])cc1C. The molecule has 0 unspecified atom stereocenters. The molecule has 112 valence electrons. The minimum Gasteiger partial charge on any atom is -0.315 e. The van der Waals surface area contributed by atoms with E-state index in [0.29, 0.717) is 12.1 Å². The first-order chi connectivity index (χ1) is 9.38. The number of hydrogen-bond acceptors (Lipinski definition) is 5. The number of nitro groups is 1. The number of nitrogens with one attached hydrogen (secondary N) is 2. The van der Waals surface area contributed by atoms with Gasteiger partial charge in [-0.15, -0.1) is 0 Å². The zero-order chi connectivity index (χ0) is 15.2. The molecule has 8 heteroatoms. The van der Waals surface area contributed by atoms with Crippen LogP contribution in [0.2, 0.25) is 0 Å². The second-order valence-corrected chi connectivity index (χ2v) is 6.09. The van der Waals surface area contributed by atoms with Gasteiger partial charge in [0.05, 0.1) is 9.82 Å². The van der Waals surface area contributed by atoms with Gasteiger partial charge in [-0.2, -0.15) is 0 Å². The van der Waals surface area contributed by atoms with Crippen molar-refractivity contribution in [1.82, 2.24) is 10.0 Å². The highest BCUT2D eigenvalue weighted by Gasteiger charge is 2.18. The molecule has 0 fully saturated rings. The highest BCUT2D eigenvalue weighted by molar-refractivity contribution is 7.89. The van der Waals surface area contributed by atoms with Crippen LogP contribution in [0.4, 0.5) is 5.69 Å². The molecule has 0 saturated heterocycles. The van der Waals surface area contributed by atoms with Crippen LogP contribution in [-0.2, 0) is 10.0 Å². The van der Waals surface area contributed by atoms with Crippen molar-refractivity contribution in [3.8, 4) is 0 Å². The van der Waals surface area contributed by atoms with E-state index in [1.165, 1.54) is 25.1 Å². The molecule has 0 amide bonds. The fourth-order valence-electron chi connectivity index (χ4n) is 1.70. The van der Waals surface area contributed by atoms with Gasteiger partial charge in [-0.05, 0) is 31.5 Å². The molecule has 0 saturated carbocycles. The molecule has 2 N–H and O–H groups in total. The number of nitro benzene ring substituents is 1. The molecule has 0 radical (unpaired) electrons. The molecular weight excluding hydrogens is 282 g/mol. The predicted molar refractivity (Wildman–Crippen MR) is 76.2 cm³/mol. The molecule has 0 atom stereocenters. The molecule has 0 aromatic heterocycles. The van der Waals surface area contributed by atoms with E-state index < -0.39 is 14.9 Å². The maximum Gasteiger partial charge on any atom is 0.269 e. The minimum absolute atomic E-state index is 0.0681. The Morgan fingerprint density at radius 1 is 1.25 bits per heavy atom. The largest absolute Gasteiger partial charge is 0.315 e. The molecule has 0 aliphatic rings. The summed E-state index contributed by atoms with van der Waals surface area (Å²) in [4.78, 5) is 10.1. The maximum absolute atomic E-state index is 12.1. The molecule has 1 rings (SSSR count). The van der Waals surface area contributed by atoms with E-state index in [0.717, 1.165) is 13.0 Å². The third-order valence-corrected chi connectivity index (χ3v) is 4.30. The quantitative estimate of drug-likeness (QED) is 0.426. The number of rotatable bonds is 8. The van der Waals surface area contributed by atoms with Gasteiger partial charge in [0.2, 0.25) is 10.0 Å². The Morgan fingerprint density at radius 3 is 2.50 bits per heavy atom. The molecule has 0 aliphatic heterocycles. The number of benzene rings is 1. The van der Waals surface area contributed by atoms with Crippen molar-refractivity contribution in [2.45, 2.75) is 25.2 Å². The van der Waals surface area contributed by atoms with E-state index in [2.05, 4.69) is 10.0 Å². The van der Waals surface area contributed by atoms with Gasteiger partial charge in [0, 0.05) is 25.2 Å². The Labute approximate surface area is 118 Å². The summed E-state index contributed by atoms with van der Waals surface area (Å²) in [6, 6.07) is 3.70.